The predicted octanol–water partition coefficient (Wildman–Crippen LogP) is 6.39. The molecule has 0 bridgehead atoms. The molecule has 0 aromatic heterocycles. The number of amides is 2. The van der Waals surface area contributed by atoms with Gasteiger partial charge in [-0.2, -0.15) is 13.2 Å². The number of carbonyl (C=O) groups is 2. The lowest BCUT2D eigenvalue weighted by molar-refractivity contribution is -0.137. The van der Waals surface area contributed by atoms with Gasteiger partial charge in [-0.1, -0.05) is 24.3 Å². The maximum atomic E-state index is 12.8. The maximum Gasteiger partial charge on any atom is 0.416 e. The molecule has 0 aliphatic rings. The Morgan fingerprint density at radius 3 is 2.22 bits per heavy atom. The first-order valence-electron chi connectivity index (χ1n) is 9.75. The van der Waals surface area contributed by atoms with Crippen LogP contribution >= 0.6 is 11.8 Å². The summed E-state index contributed by atoms with van der Waals surface area (Å²) in [5.41, 5.74) is 1.35. The summed E-state index contributed by atoms with van der Waals surface area (Å²) in [7, 11) is 0. The van der Waals surface area contributed by atoms with Crippen LogP contribution in [0.1, 0.15) is 28.4 Å². The fourth-order valence-electron chi connectivity index (χ4n) is 2.92. The summed E-state index contributed by atoms with van der Waals surface area (Å²) in [5.74, 6) is -0.622. The molecule has 0 radical (unpaired) electrons. The minimum Gasteiger partial charge on any atom is -0.325 e. The molecule has 2 N–H and O–H groups in total. The Labute approximate surface area is 188 Å². The fourth-order valence-corrected chi connectivity index (χ4v) is 3.79. The van der Waals surface area contributed by atoms with Crippen molar-refractivity contribution in [1.82, 2.24) is 0 Å². The summed E-state index contributed by atoms with van der Waals surface area (Å²) < 4.78 is 38.5. The Kier molecular flexibility index (Phi) is 7.25. The molecule has 2 amide bonds. The molecule has 32 heavy (non-hydrogen) atoms. The molecule has 1 atom stereocenters. The van der Waals surface area contributed by atoms with Crippen molar-refractivity contribution in [2.45, 2.75) is 30.2 Å². The lowest BCUT2D eigenvalue weighted by atomic mass is 10.1. The highest BCUT2D eigenvalue weighted by molar-refractivity contribution is 8.00. The van der Waals surface area contributed by atoms with Crippen LogP contribution < -0.4 is 10.6 Å². The van der Waals surface area contributed by atoms with Gasteiger partial charge < -0.3 is 10.6 Å². The van der Waals surface area contributed by atoms with E-state index in [1.54, 1.807) is 43.3 Å². The van der Waals surface area contributed by atoms with Crippen molar-refractivity contribution < 1.29 is 22.8 Å². The minimum absolute atomic E-state index is 0.0894. The van der Waals surface area contributed by atoms with Gasteiger partial charge in [0, 0.05) is 21.8 Å². The van der Waals surface area contributed by atoms with Gasteiger partial charge in [-0.25, -0.2) is 0 Å². The van der Waals surface area contributed by atoms with E-state index in [0.717, 1.165) is 22.6 Å². The second kappa shape index (κ2) is 9.91. The van der Waals surface area contributed by atoms with Crippen LogP contribution in [0.3, 0.4) is 0 Å². The van der Waals surface area contributed by atoms with Gasteiger partial charge in [-0.05, 0) is 67.9 Å². The topological polar surface area (TPSA) is 58.2 Å². The SMILES string of the molecule is Cc1ccccc1C(=O)Nc1ccc(SC(C)C(=O)Nc2cccc(C(F)(F)F)c2)cc1. The molecule has 0 saturated heterocycles. The van der Waals surface area contributed by atoms with Gasteiger partial charge in [0.15, 0.2) is 0 Å². The van der Waals surface area contributed by atoms with Gasteiger partial charge in [-0.3, -0.25) is 9.59 Å². The van der Waals surface area contributed by atoms with E-state index in [-0.39, 0.29) is 11.6 Å². The normalized spacial score (nSPS) is 12.2. The van der Waals surface area contributed by atoms with Crippen LogP contribution in [0.25, 0.3) is 0 Å². The number of hydrogen-bond acceptors (Lipinski definition) is 3. The molecule has 0 aliphatic carbocycles. The average molecular weight is 459 g/mol. The number of benzene rings is 3. The Hall–Kier alpha value is -3.26. The number of anilines is 2. The first-order valence-corrected chi connectivity index (χ1v) is 10.6. The lowest BCUT2D eigenvalue weighted by Crippen LogP contribution is -2.22. The van der Waals surface area contributed by atoms with Crippen LogP contribution in [0.5, 0.6) is 0 Å². The highest BCUT2D eigenvalue weighted by atomic mass is 32.2. The number of alkyl halides is 3. The van der Waals surface area contributed by atoms with E-state index in [4.69, 9.17) is 0 Å². The molecular formula is C24H21F3N2O2S. The average Bonchev–Trinajstić information content (AvgIpc) is 2.75. The van der Waals surface area contributed by atoms with Crippen molar-refractivity contribution in [2.24, 2.45) is 0 Å². The molecule has 166 valence electrons. The molecule has 0 aliphatic heterocycles. The summed E-state index contributed by atoms with van der Waals surface area (Å²) in [6.45, 7) is 3.53. The van der Waals surface area contributed by atoms with Gasteiger partial charge >= 0.3 is 6.18 Å². The molecule has 1 unspecified atom stereocenters. The van der Waals surface area contributed by atoms with Crippen LogP contribution in [0, 0.1) is 6.92 Å². The van der Waals surface area contributed by atoms with E-state index >= 15 is 0 Å². The molecule has 0 spiro atoms. The highest BCUT2D eigenvalue weighted by Crippen LogP contribution is 2.31. The van der Waals surface area contributed by atoms with E-state index in [9.17, 15) is 22.8 Å². The first-order chi connectivity index (χ1) is 15.1. The molecule has 8 heteroatoms. The zero-order valence-corrected chi connectivity index (χ0v) is 18.2. The molecule has 0 saturated carbocycles. The number of hydrogen-bond donors (Lipinski definition) is 2. The standard InChI is InChI=1S/C24H21F3N2O2S/c1-15-6-3-4-9-21(15)23(31)28-18-10-12-20(13-11-18)32-16(2)22(30)29-19-8-5-7-17(14-19)24(25,26)27/h3-14,16H,1-2H3,(H,28,31)(H,29,30). The van der Waals surface area contributed by atoms with Crippen LogP contribution in [0.15, 0.2) is 77.7 Å². The summed E-state index contributed by atoms with van der Waals surface area (Å²) in [6, 6.07) is 18.8. The number of nitrogens with one attached hydrogen (secondary N) is 2. The van der Waals surface area contributed by atoms with E-state index in [0.29, 0.717) is 11.3 Å². The Morgan fingerprint density at radius 2 is 1.56 bits per heavy atom. The van der Waals surface area contributed by atoms with Crippen molar-refractivity contribution in [3.05, 3.63) is 89.5 Å². The molecule has 3 rings (SSSR count). The lowest BCUT2D eigenvalue weighted by Gasteiger charge is -2.14. The predicted molar refractivity (Wildman–Crippen MR) is 121 cm³/mol. The second-order valence-corrected chi connectivity index (χ2v) is 8.54. The molecular weight excluding hydrogens is 437 g/mol. The number of aryl methyl sites for hydroxylation is 1. The largest absolute Gasteiger partial charge is 0.416 e. The summed E-state index contributed by atoms with van der Waals surface area (Å²) in [5, 5.41) is 4.81. The number of carbonyl (C=O) groups excluding carboxylic acids is 2. The Balaban J connectivity index is 1.58. The van der Waals surface area contributed by atoms with Crippen LogP contribution in [-0.4, -0.2) is 17.1 Å². The van der Waals surface area contributed by atoms with E-state index in [1.165, 1.54) is 23.9 Å². The first kappa shape index (κ1) is 23.4. The van der Waals surface area contributed by atoms with Gasteiger partial charge in [0.2, 0.25) is 5.91 Å². The molecule has 0 fully saturated rings. The third-order valence-corrected chi connectivity index (χ3v) is 5.75. The van der Waals surface area contributed by atoms with Crippen molar-refractivity contribution in [3.63, 3.8) is 0 Å². The van der Waals surface area contributed by atoms with Crippen LogP contribution in [0.2, 0.25) is 0 Å². The van der Waals surface area contributed by atoms with Gasteiger partial charge in [0.05, 0.1) is 10.8 Å². The second-order valence-electron chi connectivity index (χ2n) is 7.12. The zero-order valence-electron chi connectivity index (χ0n) is 17.4. The summed E-state index contributed by atoms with van der Waals surface area (Å²) in [6.07, 6.45) is -4.47. The van der Waals surface area contributed by atoms with E-state index < -0.39 is 22.9 Å². The van der Waals surface area contributed by atoms with E-state index in [1.807, 2.05) is 19.1 Å². The zero-order chi connectivity index (χ0) is 23.3. The van der Waals surface area contributed by atoms with Gasteiger partial charge in [-0.15, -0.1) is 11.8 Å². The monoisotopic (exact) mass is 458 g/mol. The Morgan fingerprint density at radius 1 is 0.875 bits per heavy atom. The van der Waals surface area contributed by atoms with Gasteiger partial charge in [0.1, 0.15) is 0 Å². The Bertz CT molecular complexity index is 1110. The highest BCUT2D eigenvalue weighted by Gasteiger charge is 2.30. The van der Waals surface area contributed by atoms with Crippen molar-refractivity contribution in [2.75, 3.05) is 10.6 Å². The van der Waals surface area contributed by atoms with Crippen molar-refractivity contribution in [3.8, 4) is 0 Å². The smallest absolute Gasteiger partial charge is 0.325 e. The molecule has 0 heterocycles. The number of halogens is 3. The fraction of sp³-hybridized carbons (Fsp3) is 0.167. The number of rotatable bonds is 6. The van der Waals surface area contributed by atoms with Crippen LogP contribution in [-0.2, 0) is 11.0 Å². The van der Waals surface area contributed by atoms with Crippen LogP contribution in [0.4, 0.5) is 24.5 Å². The molecule has 4 nitrogen and oxygen atoms in total. The third kappa shape index (κ3) is 6.13. The maximum absolute atomic E-state index is 12.8. The minimum atomic E-state index is -4.47. The molecule has 3 aromatic carbocycles. The quantitative estimate of drug-likeness (QED) is 0.421. The van der Waals surface area contributed by atoms with Crippen molar-refractivity contribution in [1.29, 1.82) is 0 Å². The third-order valence-electron chi connectivity index (χ3n) is 4.64. The van der Waals surface area contributed by atoms with Crippen molar-refractivity contribution >= 4 is 35.0 Å². The summed E-state index contributed by atoms with van der Waals surface area (Å²) >= 11 is 1.26. The molecule has 3 aromatic rings. The summed E-state index contributed by atoms with van der Waals surface area (Å²) in [4.78, 5) is 25.6. The van der Waals surface area contributed by atoms with Gasteiger partial charge in [0.25, 0.3) is 5.91 Å². The number of thioether (sulfide) groups is 1. The van der Waals surface area contributed by atoms with E-state index in [2.05, 4.69) is 10.6 Å².